The second-order valence-corrected chi connectivity index (χ2v) is 7.71. The lowest BCUT2D eigenvalue weighted by Crippen LogP contribution is -2.39. The van der Waals surface area contributed by atoms with Gasteiger partial charge in [-0.05, 0) is 37.6 Å². The van der Waals surface area contributed by atoms with Gasteiger partial charge < -0.3 is 10.2 Å². The Labute approximate surface area is 135 Å². The summed E-state index contributed by atoms with van der Waals surface area (Å²) < 4.78 is 1.16. The van der Waals surface area contributed by atoms with Crippen molar-refractivity contribution in [1.29, 1.82) is 0 Å². The third kappa shape index (κ3) is 4.76. The van der Waals surface area contributed by atoms with Crippen LogP contribution in [0, 0.1) is 0 Å². The number of rotatable bonds is 6. The standard InChI is InChI=1S/C16H25BrN2S/c1-3-15-12-19(9-10-20-15)8-7-16(18-2)13-5-4-6-14(17)11-13/h4-6,11,15-16,18H,3,7-10,12H2,1-2H3. The van der Waals surface area contributed by atoms with Gasteiger partial charge in [0.25, 0.3) is 0 Å². The van der Waals surface area contributed by atoms with Crippen LogP contribution in [-0.4, -0.2) is 42.6 Å². The topological polar surface area (TPSA) is 15.3 Å². The van der Waals surface area contributed by atoms with Crippen molar-refractivity contribution >= 4 is 27.7 Å². The van der Waals surface area contributed by atoms with E-state index in [1.54, 1.807) is 0 Å². The zero-order valence-electron chi connectivity index (χ0n) is 12.4. The highest BCUT2D eigenvalue weighted by Crippen LogP contribution is 2.24. The minimum Gasteiger partial charge on any atom is -0.313 e. The molecule has 1 aliphatic heterocycles. The molecule has 1 aromatic carbocycles. The Kier molecular flexibility index (Phi) is 6.88. The molecule has 1 fully saturated rings. The molecule has 1 N–H and O–H groups in total. The van der Waals surface area contributed by atoms with E-state index in [0.717, 1.165) is 9.72 Å². The van der Waals surface area contributed by atoms with E-state index in [1.165, 1.54) is 43.8 Å². The van der Waals surface area contributed by atoms with Crippen LogP contribution < -0.4 is 5.32 Å². The molecule has 1 aliphatic rings. The first-order chi connectivity index (χ1) is 9.72. The zero-order chi connectivity index (χ0) is 14.4. The highest BCUT2D eigenvalue weighted by molar-refractivity contribution is 9.10. The number of nitrogens with one attached hydrogen (secondary N) is 1. The third-order valence-corrected chi connectivity index (χ3v) is 5.88. The normalized spacial score (nSPS) is 21.9. The highest BCUT2D eigenvalue weighted by atomic mass is 79.9. The lowest BCUT2D eigenvalue weighted by Gasteiger charge is -2.32. The maximum Gasteiger partial charge on any atom is 0.0330 e. The Bertz CT molecular complexity index is 413. The Balaban J connectivity index is 1.87. The lowest BCUT2D eigenvalue weighted by atomic mass is 10.0. The first-order valence-electron chi connectivity index (χ1n) is 7.49. The van der Waals surface area contributed by atoms with Gasteiger partial charge in [0.1, 0.15) is 0 Å². The summed E-state index contributed by atoms with van der Waals surface area (Å²) in [6.07, 6.45) is 2.47. The van der Waals surface area contributed by atoms with Crippen molar-refractivity contribution in [2.24, 2.45) is 0 Å². The van der Waals surface area contributed by atoms with Crippen molar-refractivity contribution < 1.29 is 0 Å². The van der Waals surface area contributed by atoms with Crippen LogP contribution in [0.25, 0.3) is 0 Å². The maximum atomic E-state index is 3.56. The molecule has 0 aliphatic carbocycles. The molecule has 0 aromatic heterocycles. The molecule has 0 bridgehead atoms. The number of thioether (sulfide) groups is 1. The molecule has 4 heteroatoms. The Morgan fingerprint density at radius 2 is 2.35 bits per heavy atom. The van der Waals surface area contributed by atoms with E-state index in [-0.39, 0.29) is 0 Å². The predicted molar refractivity (Wildman–Crippen MR) is 93.5 cm³/mol. The van der Waals surface area contributed by atoms with Gasteiger partial charge in [0.2, 0.25) is 0 Å². The van der Waals surface area contributed by atoms with Crippen LogP contribution in [-0.2, 0) is 0 Å². The third-order valence-electron chi connectivity index (χ3n) is 4.01. The van der Waals surface area contributed by atoms with Crippen molar-refractivity contribution in [3.63, 3.8) is 0 Å². The summed E-state index contributed by atoms with van der Waals surface area (Å²) in [5.41, 5.74) is 1.38. The van der Waals surface area contributed by atoms with E-state index in [1.807, 2.05) is 0 Å². The van der Waals surface area contributed by atoms with E-state index in [2.05, 4.69) is 76.1 Å². The largest absolute Gasteiger partial charge is 0.313 e. The van der Waals surface area contributed by atoms with Crippen LogP contribution in [0.1, 0.15) is 31.4 Å². The van der Waals surface area contributed by atoms with Gasteiger partial charge in [-0.2, -0.15) is 11.8 Å². The van der Waals surface area contributed by atoms with E-state index in [9.17, 15) is 0 Å². The van der Waals surface area contributed by atoms with E-state index < -0.39 is 0 Å². The number of halogens is 1. The lowest BCUT2D eigenvalue weighted by molar-refractivity contribution is 0.265. The zero-order valence-corrected chi connectivity index (χ0v) is 14.8. The summed E-state index contributed by atoms with van der Waals surface area (Å²) in [5, 5.41) is 4.29. The van der Waals surface area contributed by atoms with Crippen LogP contribution in [0.3, 0.4) is 0 Å². The quantitative estimate of drug-likeness (QED) is 0.831. The Morgan fingerprint density at radius 1 is 1.50 bits per heavy atom. The fraction of sp³-hybridized carbons (Fsp3) is 0.625. The molecule has 0 spiro atoms. The van der Waals surface area contributed by atoms with Crippen LogP contribution in [0.15, 0.2) is 28.7 Å². The first-order valence-corrected chi connectivity index (χ1v) is 9.33. The number of hydrogen-bond acceptors (Lipinski definition) is 3. The van der Waals surface area contributed by atoms with Crippen molar-refractivity contribution in [3.05, 3.63) is 34.3 Å². The molecule has 2 atom stereocenters. The molecule has 1 saturated heterocycles. The van der Waals surface area contributed by atoms with Crippen molar-refractivity contribution in [2.45, 2.75) is 31.1 Å². The second kappa shape index (κ2) is 8.42. The first kappa shape index (κ1) is 16.3. The van der Waals surface area contributed by atoms with E-state index in [4.69, 9.17) is 0 Å². The number of hydrogen-bond donors (Lipinski definition) is 1. The monoisotopic (exact) mass is 356 g/mol. The van der Waals surface area contributed by atoms with Gasteiger partial charge in [0.05, 0.1) is 0 Å². The molecular formula is C16H25BrN2S. The van der Waals surface area contributed by atoms with Crippen LogP contribution in [0.4, 0.5) is 0 Å². The highest BCUT2D eigenvalue weighted by Gasteiger charge is 2.19. The Morgan fingerprint density at radius 3 is 3.05 bits per heavy atom. The molecule has 2 nitrogen and oxygen atoms in total. The summed E-state index contributed by atoms with van der Waals surface area (Å²) >= 11 is 5.71. The van der Waals surface area contributed by atoms with Crippen molar-refractivity contribution in [1.82, 2.24) is 10.2 Å². The summed E-state index contributed by atoms with van der Waals surface area (Å²) in [5.74, 6) is 1.29. The van der Waals surface area contributed by atoms with Gasteiger partial charge in [-0.1, -0.05) is 35.0 Å². The van der Waals surface area contributed by atoms with Crippen molar-refractivity contribution in [3.8, 4) is 0 Å². The molecule has 0 saturated carbocycles. The molecule has 112 valence electrons. The number of benzene rings is 1. The van der Waals surface area contributed by atoms with Gasteiger partial charge in [-0.15, -0.1) is 0 Å². The average molecular weight is 357 g/mol. The summed E-state index contributed by atoms with van der Waals surface area (Å²) in [6, 6.07) is 9.09. The molecule has 20 heavy (non-hydrogen) atoms. The van der Waals surface area contributed by atoms with Gasteiger partial charge in [0.15, 0.2) is 0 Å². The van der Waals surface area contributed by atoms with Crippen LogP contribution >= 0.6 is 27.7 Å². The minimum absolute atomic E-state index is 0.446. The van der Waals surface area contributed by atoms with E-state index in [0.29, 0.717) is 6.04 Å². The van der Waals surface area contributed by atoms with Gasteiger partial charge in [0, 0.05) is 41.2 Å². The fourth-order valence-corrected chi connectivity index (χ4v) is 4.41. The molecule has 1 heterocycles. The molecule has 2 rings (SSSR count). The number of nitrogens with zero attached hydrogens (tertiary/aromatic N) is 1. The SMILES string of the molecule is CCC1CN(CCC(NC)c2cccc(Br)c2)CCS1. The van der Waals surface area contributed by atoms with Crippen molar-refractivity contribution in [2.75, 3.05) is 32.4 Å². The molecular weight excluding hydrogens is 332 g/mol. The van der Waals surface area contributed by atoms with Gasteiger partial charge in [-0.3, -0.25) is 0 Å². The average Bonchev–Trinajstić information content (AvgIpc) is 2.48. The molecule has 0 amide bonds. The summed E-state index contributed by atoms with van der Waals surface area (Å²) in [7, 11) is 2.06. The Hall–Kier alpha value is -0.0300. The summed E-state index contributed by atoms with van der Waals surface area (Å²) in [6.45, 7) is 6.00. The maximum absolute atomic E-state index is 3.56. The van der Waals surface area contributed by atoms with Crippen LogP contribution in [0.5, 0.6) is 0 Å². The summed E-state index contributed by atoms with van der Waals surface area (Å²) in [4.78, 5) is 2.63. The van der Waals surface area contributed by atoms with Crippen LogP contribution in [0.2, 0.25) is 0 Å². The smallest absolute Gasteiger partial charge is 0.0330 e. The van der Waals surface area contributed by atoms with Gasteiger partial charge in [-0.25, -0.2) is 0 Å². The predicted octanol–water partition coefficient (Wildman–Crippen LogP) is 3.93. The molecule has 2 unspecified atom stereocenters. The van der Waals surface area contributed by atoms with E-state index >= 15 is 0 Å². The van der Waals surface area contributed by atoms with Gasteiger partial charge >= 0.3 is 0 Å². The minimum atomic E-state index is 0.446. The second-order valence-electron chi connectivity index (χ2n) is 5.39. The molecule has 1 aromatic rings. The molecule has 0 radical (unpaired) electrons. The fourth-order valence-electron chi connectivity index (χ4n) is 2.74.